The van der Waals surface area contributed by atoms with Gasteiger partial charge in [0.2, 0.25) is 0 Å². The molecule has 0 aliphatic heterocycles. The fraction of sp³-hybridized carbons (Fsp3) is 0.600. The first-order valence-corrected chi connectivity index (χ1v) is 5.32. The van der Waals surface area contributed by atoms with Gasteiger partial charge in [0.25, 0.3) is 5.91 Å². The summed E-state index contributed by atoms with van der Waals surface area (Å²) in [6, 6.07) is 1.60. The van der Waals surface area contributed by atoms with Crippen molar-refractivity contribution in [3.05, 3.63) is 17.5 Å². The average molecular weight is 226 g/mol. The SMILES string of the molecule is CCCCN(C)Cc1cc(C(=O)NN)no1. The predicted octanol–water partition coefficient (Wildman–Crippen LogP) is 0.510. The Balaban J connectivity index is 2.48. The van der Waals surface area contributed by atoms with Crippen LogP contribution in [0.2, 0.25) is 0 Å². The zero-order valence-corrected chi connectivity index (χ0v) is 9.69. The van der Waals surface area contributed by atoms with Gasteiger partial charge in [0, 0.05) is 6.07 Å². The molecule has 1 aromatic rings. The van der Waals surface area contributed by atoms with Crippen LogP contribution in [0.15, 0.2) is 10.6 Å². The summed E-state index contributed by atoms with van der Waals surface area (Å²) in [6.45, 7) is 3.78. The molecule has 0 bridgehead atoms. The normalized spacial score (nSPS) is 10.8. The summed E-state index contributed by atoms with van der Waals surface area (Å²) < 4.78 is 5.03. The number of unbranched alkanes of at least 4 members (excludes halogenated alkanes) is 1. The summed E-state index contributed by atoms with van der Waals surface area (Å²) in [5.74, 6) is 5.21. The number of nitrogens with two attached hydrogens (primary N) is 1. The van der Waals surface area contributed by atoms with E-state index >= 15 is 0 Å². The number of hydrogen-bond acceptors (Lipinski definition) is 5. The smallest absolute Gasteiger partial charge is 0.287 e. The molecular weight excluding hydrogens is 208 g/mol. The number of hydrazine groups is 1. The molecule has 1 rings (SSSR count). The van der Waals surface area contributed by atoms with Crippen molar-refractivity contribution in [3.63, 3.8) is 0 Å². The number of carbonyl (C=O) groups is 1. The molecule has 0 saturated carbocycles. The lowest BCUT2D eigenvalue weighted by Gasteiger charge is -2.13. The van der Waals surface area contributed by atoms with Crippen LogP contribution in [0.25, 0.3) is 0 Å². The maximum Gasteiger partial charge on any atom is 0.287 e. The number of nitrogens with one attached hydrogen (secondary N) is 1. The molecule has 0 unspecified atom stereocenters. The highest BCUT2D eigenvalue weighted by molar-refractivity contribution is 5.91. The Morgan fingerprint density at radius 3 is 3.06 bits per heavy atom. The number of aromatic nitrogens is 1. The molecule has 0 aliphatic carbocycles. The monoisotopic (exact) mass is 226 g/mol. The third-order valence-electron chi connectivity index (χ3n) is 2.24. The van der Waals surface area contributed by atoms with Gasteiger partial charge in [0.05, 0.1) is 6.54 Å². The number of nitrogen functional groups attached to an aromatic ring is 1. The average Bonchev–Trinajstić information content (AvgIpc) is 2.73. The maximum atomic E-state index is 11.1. The number of rotatable bonds is 6. The minimum atomic E-state index is -0.439. The third-order valence-corrected chi connectivity index (χ3v) is 2.24. The van der Waals surface area contributed by atoms with Crippen LogP contribution in [0.5, 0.6) is 0 Å². The second-order valence-electron chi connectivity index (χ2n) is 3.74. The van der Waals surface area contributed by atoms with Gasteiger partial charge in [0.15, 0.2) is 11.5 Å². The highest BCUT2D eigenvalue weighted by Crippen LogP contribution is 2.06. The molecule has 0 saturated heterocycles. The fourth-order valence-electron chi connectivity index (χ4n) is 1.34. The standard InChI is InChI=1S/C10H18N4O2/c1-3-4-5-14(2)7-8-6-9(13-16-8)10(15)12-11/h6H,3-5,7,11H2,1-2H3,(H,12,15). The van der Waals surface area contributed by atoms with Crippen LogP contribution in [-0.4, -0.2) is 29.6 Å². The lowest BCUT2D eigenvalue weighted by Crippen LogP contribution is -2.30. The first-order chi connectivity index (χ1) is 7.67. The number of hydrogen-bond donors (Lipinski definition) is 2. The summed E-state index contributed by atoms with van der Waals surface area (Å²) in [6.07, 6.45) is 2.29. The van der Waals surface area contributed by atoms with Crippen molar-refractivity contribution in [2.24, 2.45) is 5.84 Å². The van der Waals surface area contributed by atoms with Gasteiger partial charge in [-0.3, -0.25) is 15.1 Å². The highest BCUT2D eigenvalue weighted by atomic mass is 16.5. The van der Waals surface area contributed by atoms with E-state index in [0.717, 1.165) is 19.4 Å². The van der Waals surface area contributed by atoms with Crippen molar-refractivity contribution in [3.8, 4) is 0 Å². The predicted molar refractivity (Wildman–Crippen MR) is 59.4 cm³/mol. The van der Waals surface area contributed by atoms with E-state index in [4.69, 9.17) is 10.4 Å². The minimum Gasteiger partial charge on any atom is -0.359 e. The van der Waals surface area contributed by atoms with Gasteiger partial charge in [0.1, 0.15) is 0 Å². The van der Waals surface area contributed by atoms with Gasteiger partial charge in [-0.15, -0.1) is 0 Å². The fourth-order valence-corrected chi connectivity index (χ4v) is 1.34. The van der Waals surface area contributed by atoms with E-state index in [9.17, 15) is 4.79 Å². The van der Waals surface area contributed by atoms with Gasteiger partial charge in [-0.2, -0.15) is 0 Å². The molecule has 1 aromatic heterocycles. The highest BCUT2D eigenvalue weighted by Gasteiger charge is 2.12. The molecule has 0 aliphatic rings. The Morgan fingerprint density at radius 2 is 2.44 bits per heavy atom. The Hall–Kier alpha value is -1.40. The van der Waals surface area contributed by atoms with Gasteiger partial charge in [-0.1, -0.05) is 18.5 Å². The minimum absolute atomic E-state index is 0.210. The Labute approximate surface area is 94.7 Å². The van der Waals surface area contributed by atoms with Crippen LogP contribution >= 0.6 is 0 Å². The number of amides is 1. The topological polar surface area (TPSA) is 84.4 Å². The van der Waals surface area contributed by atoms with Crippen LogP contribution in [0.3, 0.4) is 0 Å². The molecule has 6 heteroatoms. The number of carbonyl (C=O) groups excluding carboxylic acids is 1. The largest absolute Gasteiger partial charge is 0.359 e. The molecule has 16 heavy (non-hydrogen) atoms. The maximum absolute atomic E-state index is 11.1. The van der Waals surface area contributed by atoms with E-state index in [1.165, 1.54) is 0 Å². The van der Waals surface area contributed by atoms with Crippen LogP contribution in [0.1, 0.15) is 36.0 Å². The summed E-state index contributed by atoms with van der Waals surface area (Å²) >= 11 is 0. The van der Waals surface area contributed by atoms with E-state index in [-0.39, 0.29) is 5.69 Å². The Bertz CT molecular complexity index is 337. The van der Waals surface area contributed by atoms with Crippen molar-refractivity contribution in [2.75, 3.05) is 13.6 Å². The molecule has 0 radical (unpaired) electrons. The van der Waals surface area contributed by atoms with Crippen molar-refractivity contribution in [2.45, 2.75) is 26.3 Å². The molecule has 6 nitrogen and oxygen atoms in total. The van der Waals surface area contributed by atoms with Crippen LogP contribution < -0.4 is 11.3 Å². The molecule has 0 atom stereocenters. The molecule has 90 valence electrons. The van der Waals surface area contributed by atoms with Crippen LogP contribution in [-0.2, 0) is 6.54 Å². The third kappa shape index (κ3) is 3.63. The van der Waals surface area contributed by atoms with Crippen molar-refractivity contribution >= 4 is 5.91 Å². The van der Waals surface area contributed by atoms with Crippen molar-refractivity contribution < 1.29 is 9.32 Å². The Kier molecular flexibility index (Phi) is 4.94. The summed E-state index contributed by atoms with van der Waals surface area (Å²) in [4.78, 5) is 13.2. The first-order valence-electron chi connectivity index (χ1n) is 5.32. The van der Waals surface area contributed by atoms with E-state index in [1.807, 2.05) is 12.5 Å². The lowest BCUT2D eigenvalue weighted by molar-refractivity contribution is 0.0944. The molecule has 1 amide bonds. The first kappa shape index (κ1) is 12.7. The van der Waals surface area contributed by atoms with Crippen molar-refractivity contribution in [1.29, 1.82) is 0 Å². The second-order valence-corrected chi connectivity index (χ2v) is 3.74. The van der Waals surface area contributed by atoms with E-state index in [0.29, 0.717) is 12.3 Å². The quantitative estimate of drug-likeness (QED) is 0.419. The summed E-state index contributed by atoms with van der Waals surface area (Å²) in [5.41, 5.74) is 2.22. The second kappa shape index (κ2) is 6.24. The van der Waals surface area contributed by atoms with Gasteiger partial charge in [-0.05, 0) is 20.0 Å². The molecule has 0 aromatic carbocycles. The van der Waals surface area contributed by atoms with E-state index < -0.39 is 5.91 Å². The summed E-state index contributed by atoms with van der Waals surface area (Å²) in [5, 5.41) is 3.63. The lowest BCUT2D eigenvalue weighted by atomic mass is 10.3. The molecule has 1 heterocycles. The zero-order chi connectivity index (χ0) is 12.0. The van der Waals surface area contributed by atoms with Gasteiger partial charge in [-0.25, -0.2) is 5.84 Å². The van der Waals surface area contributed by atoms with Crippen molar-refractivity contribution in [1.82, 2.24) is 15.5 Å². The van der Waals surface area contributed by atoms with Crippen LogP contribution in [0.4, 0.5) is 0 Å². The van der Waals surface area contributed by atoms with Crippen LogP contribution in [0, 0.1) is 0 Å². The van der Waals surface area contributed by atoms with E-state index in [2.05, 4.69) is 17.0 Å². The van der Waals surface area contributed by atoms with E-state index in [1.54, 1.807) is 6.07 Å². The van der Waals surface area contributed by atoms with Gasteiger partial charge < -0.3 is 4.52 Å². The molecule has 3 N–H and O–H groups in total. The number of nitrogens with zero attached hydrogens (tertiary/aromatic N) is 2. The molecule has 0 fully saturated rings. The summed E-state index contributed by atoms with van der Waals surface area (Å²) in [7, 11) is 2.00. The van der Waals surface area contributed by atoms with Gasteiger partial charge >= 0.3 is 0 Å². The zero-order valence-electron chi connectivity index (χ0n) is 9.69. The molecule has 0 spiro atoms. The molecular formula is C10H18N4O2. The Morgan fingerprint density at radius 1 is 1.69 bits per heavy atom.